The first-order chi connectivity index (χ1) is 17.9. The number of allylic oxidation sites excluding steroid dienone is 2. The Morgan fingerprint density at radius 2 is 1.82 bits per heavy atom. The molecule has 3 fully saturated rings. The Kier molecular flexibility index (Phi) is 8.26. The lowest BCUT2D eigenvalue weighted by atomic mass is 9.75. The van der Waals surface area contributed by atoms with Crippen molar-refractivity contribution in [2.75, 3.05) is 13.6 Å². The molecular weight excluding hydrogens is 476 g/mol. The summed E-state index contributed by atoms with van der Waals surface area (Å²) in [5.41, 5.74) is 1.86. The van der Waals surface area contributed by atoms with Crippen LogP contribution in [0.3, 0.4) is 0 Å². The fourth-order valence-corrected chi connectivity index (χ4v) is 5.95. The molecule has 2 saturated carbocycles. The molecule has 2 aliphatic carbocycles. The van der Waals surface area contributed by atoms with E-state index in [-0.39, 0.29) is 24.8 Å². The minimum atomic E-state index is -0.739. The Morgan fingerprint density at radius 1 is 1.16 bits per heavy atom. The summed E-state index contributed by atoms with van der Waals surface area (Å²) in [7, 11) is 1.65. The van der Waals surface area contributed by atoms with Gasteiger partial charge in [0.15, 0.2) is 0 Å². The minimum absolute atomic E-state index is 0.142. The number of hydrogen-bond acceptors (Lipinski definition) is 5. The van der Waals surface area contributed by atoms with Crippen LogP contribution in [0.2, 0.25) is 0 Å². The minimum Gasteiger partial charge on any atom is -0.391 e. The van der Waals surface area contributed by atoms with Crippen LogP contribution in [0.4, 0.5) is 0 Å². The average molecular weight is 521 g/mol. The van der Waals surface area contributed by atoms with E-state index < -0.39 is 29.0 Å². The molecule has 4 atom stereocenters. The molecule has 7 heteroatoms. The van der Waals surface area contributed by atoms with Gasteiger partial charge in [-0.3, -0.25) is 9.59 Å². The fourth-order valence-electron chi connectivity index (χ4n) is 5.95. The van der Waals surface area contributed by atoms with Gasteiger partial charge >= 0.3 is 0 Å². The van der Waals surface area contributed by atoms with Gasteiger partial charge in [0.05, 0.1) is 17.7 Å². The van der Waals surface area contributed by atoms with Crippen molar-refractivity contribution in [3.63, 3.8) is 0 Å². The second-order valence-electron chi connectivity index (χ2n) is 12.8. The summed E-state index contributed by atoms with van der Waals surface area (Å²) in [6.45, 7) is 12.6. The highest BCUT2D eigenvalue weighted by Crippen LogP contribution is 2.43. The van der Waals surface area contributed by atoms with Crippen LogP contribution < -0.4 is 5.32 Å². The van der Waals surface area contributed by atoms with E-state index in [2.05, 4.69) is 41.2 Å². The summed E-state index contributed by atoms with van der Waals surface area (Å²) >= 11 is 0. The van der Waals surface area contributed by atoms with E-state index in [1.807, 2.05) is 45.0 Å². The fraction of sp³-hybridized carbons (Fsp3) is 0.613. The molecule has 1 aliphatic heterocycles. The maximum absolute atomic E-state index is 14.1. The maximum Gasteiger partial charge on any atom is 0.243 e. The Balaban J connectivity index is 1.55. The summed E-state index contributed by atoms with van der Waals surface area (Å²) in [6, 6.07) is 9.48. The van der Waals surface area contributed by atoms with E-state index in [1.165, 1.54) is 5.56 Å². The Morgan fingerprint density at radius 3 is 2.37 bits per heavy atom. The van der Waals surface area contributed by atoms with Crippen molar-refractivity contribution in [3.05, 3.63) is 59.8 Å². The highest BCUT2D eigenvalue weighted by molar-refractivity contribution is 5.91. The van der Waals surface area contributed by atoms with E-state index in [0.29, 0.717) is 17.4 Å². The van der Waals surface area contributed by atoms with Crippen LogP contribution in [0, 0.1) is 23.2 Å². The second-order valence-corrected chi connectivity index (χ2v) is 12.8. The molecular formula is C31H44N4O3. The Bertz CT molecular complexity index is 1100. The highest BCUT2D eigenvalue weighted by Gasteiger charge is 2.48. The predicted molar refractivity (Wildman–Crippen MR) is 149 cm³/mol. The van der Waals surface area contributed by atoms with Crippen LogP contribution in [0.5, 0.6) is 0 Å². The van der Waals surface area contributed by atoms with Crippen molar-refractivity contribution in [2.24, 2.45) is 33.4 Å². The zero-order valence-electron chi connectivity index (χ0n) is 23.6. The van der Waals surface area contributed by atoms with Gasteiger partial charge in [-0.15, -0.1) is 0 Å². The lowest BCUT2D eigenvalue weighted by Crippen LogP contribution is -2.56. The molecule has 38 heavy (non-hydrogen) atoms. The van der Waals surface area contributed by atoms with Gasteiger partial charge in [-0.25, -0.2) is 0 Å². The summed E-state index contributed by atoms with van der Waals surface area (Å²) in [4.78, 5) is 29.5. The van der Waals surface area contributed by atoms with Crippen molar-refractivity contribution < 1.29 is 14.7 Å². The number of nitrogens with zero attached hydrogens (tertiary/aromatic N) is 3. The van der Waals surface area contributed by atoms with E-state index in [9.17, 15) is 14.7 Å². The average Bonchev–Trinajstić information content (AvgIpc) is 3.75. The normalized spacial score (nSPS) is 24.8. The molecule has 3 aliphatic rings. The molecule has 2 amide bonds. The lowest BCUT2D eigenvalue weighted by molar-refractivity contribution is -0.143. The van der Waals surface area contributed by atoms with Crippen molar-refractivity contribution in [3.8, 4) is 0 Å². The van der Waals surface area contributed by atoms with Gasteiger partial charge in [-0.2, -0.15) is 10.2 Å². The van der Waals surface area contributed by atoms with Gasteiger partial charge in [0.2, 0.25) is 11.8 Å². The number of rotatable bonds is 10. The third-order valence-corrected chi connectivity index (χ3v) is 8.19. The molecule has 1 aromatic rings. The summed E-state index contributed by atoms with van der Waals surface area (Å²) in [6.07, 6.45) is 6.42. The third-order valence-electron chi connectivity index (χ3n) is 8.19. The van der Waals surface area contributed by atoms with E-state index in [0.717, 1.165) is 37.8 Å². The first-order valence-corrected chi connectivity index (χ1v) is 14.0. The number of aliphatic hydroxyl groups is 1. The quantitative estimate of drug-likeness (QED) is 0.333. The van der Waals surface area contributed by atoms with Crippen LogP contribution in [-0.2, 0) is 16.0 Å². The molecule has 1 saturated heterocycles. The number of β-amino-alcohol motifs (C(OH)–C–C–N with tert-alkyl or cyclic N) is 1. The number of hydrogen-bond donors (Lipinski definition) is 2. The van der Waals surface area contributed by atoms with E-state index in [4.69, 9.17) is 0 Å². The maximum atomic E-state index is 14.1. The summed E-state index contributed by atoms with van der Waals surface area (Å²) < 4.78 is 0. The van der Waals surface area contributed by atoms with E-state index >= 15 is 0 Å². The zero-order valence-corrected chi connectivity index (χ0v) is 23.6. The van der Waals surface area contributed by atoms with Crippen LogP contribution in [0.25, 0.3) is 0 Å². The van der Waals surface area contributed by atoms with E-state index in [1.54, 1.807) is 11.9 Å². The summed E-state index contributed by atoms with van der Waals surface area (Å²) in [5.74, 6) is -0.142. The molecule has 7 nitrogen and oxygen atoms in total. The first-order valence-electron chi connectivity index (χ1n) is 14.0. The molecule has 0 bridgehead atoms. The Labute approximate surface area is 227 Å². The van der Waals surface area contributed by atoms with Gasteiger partial charge in [-0.1, -0.05) is 57.7 Å². The van der Waals surface area contributed by atoms with Gasteiger partial charge < -0.3 is 15.3 Å². The number of aliphatic hydroxyl groups excluding tert-OH is 1. The van der Waals surface area contributed by atoms with Crippen molar-refractivity contribution in [1.29, 1.82) is 0 Å². The monoisotopic (exact) mass is 520 g/mol. The molecule has 2 N–H and O–H groups in total. The molecule has 0 radical (unpaired) electrons. The zero-order chi connectivity index (χ0) is 27.7. The number of benzene rings is 1. The molecule has 4 unspecified atom stereocenters. The van der Waals surface area contributed by atoms with Gasteiger partial charge in [-0.05, 0) is 67.6 Å². The van der Waals surface area contributed by atoms with Gasteiger partial charge in [0, 0.05) is 31.5 Å². The van der Waals surface area contributed by atoms with Crippen LogP contribution in [-0.4, -0.2) is 53.1 Å². The lowest BCUT2D eigenvalue weighted by Gasteiger charge is -2.37. The van der Waals surface area contributed by atoms with Gasteiger partial charge in [0.1, 0.15) is 6.04 Å². The molecule has 0 aromatic heterocycles. The van der Waals surface area contributed by atoms with Crippen LogP contribution in [0.1, 0.15) is 65.4 Å². The SMILES string of the molecule is C=C(/C=C(\N=NC)C1CC1)C(C(=O)N1CC(O)CC1C(=O)NC(C)(Cc1ccccc1)C1CC1)C(C)(C)C. The van der Waals surface area contributed by atoms with Crippen LogP contribution >= 0.6 is 0 Å². The van der Waals surface area contributed by atoms with Gasteiger partial charge in [0.25, 0.3) is 0 Å². The molecule has 1 aromatic carbocycles. The van der Waals surface area contributed by atoms with Crippen molar-refractivity contribution >= 4 is 11.8 Å². The number of azo groups is 1. The smallest absolute Gasteiger partial charge is 0.243 e. The number of carbonyl (C=O) groups is 2. The molecule has 206 valence electrons. The number of nitrogens with one attached hydrogen (secondary N) is 1. The standard InChI is InChI=1S/C31H44N4O3/c1-20(16-25(34-32-6)22-12-13-22)27(30(2,3)4)29(38)35-19-24(36)17-26(35)28(37)33-31(5,23-14-15-23)18-21-10-8-7-9-11-21/h7-11,16,22-24,26-27,36H,1,12-15,17-19H2,2-6H3,(H,33,37)/b25-16-,34-32?. The number of carbonyl (C=O) groups excluding carboxylic acids is 2. The Hall–Kier alpha value is -2.80. The number of likely N-dealkylation sites (tertiary alicyclic amines) is 1. The summed E-state index contributed by atoms with van der Waals surface area (Å²) in [5, 5.41) is 22.2. The topological polar surface area (TPSA) is 94.4 Å². The third kappa shape index (κ3) is 6.60. The molecule has 0 spiro atoms. The number of amides is 2. The van der Waals surface area contributed by atoms with Crippen molar-refractivity contribution in [2.45, 2.75) is 83.9 Å². The second kappa shape index (κ2) is 11.1. The van der Waals surface area contributed by atoms with Crippen LogP contribution in [0.15, 0.2) is 64.5 Å². The predicted octanol–water partition coefficient (Wildman–Crippen LogP) is 5.07. The molecule has 1 heterocycles. The van der Waals surface area contributed by atoms with Crippen molar-refractivity contribution in [1.82, 2.24) is 10.2 Å². The highest BCUT2D eigenvalue weighted by atomic mass is 16.3. The molecule has 4 rings (SSSR count). The first kappa shape index (κ1) is 28.2. The largest absolute Gasteiger partial charge is 0.391 e.